The summed E-state index contributed by atoms with van der Waals surface area (Å²) in [5.74, 6) is -0.492. The highest BCUT2D eigenvalue weighted by Gasteiger charge is 2.20. The smallest absolute Gasteiger partial charge is 0.248 e. The summed E-state index contributed by atoms with van der Waals surface area (Å²) < 4.78 is 0. The van der Waals surface area contributed by atoms with Crippen LogP contribution in [0.2, 0.25) is 0 Å². The summed E-state index contributed by atoms with van der Waals surface area (Å²) in [6, 6.07) is 8.24. The Bertz CT molecular complexity index is 980. The molecule has 1 aromatic rings. The minimum atomic E-state index is -0.492. The average molecular weight is 424 g/mol. The predicted octanol–water partition coefficient (Wildman–Crippen LogP) is 6.03. The van der Waals surface area contributed by atoms with Crippen LogP contribution in [0.3, 0.4) is 0 Å². The minimum absolute atomic E-state index is 0.402. The highest BCUT2D eigenvalue weighted by molar-refractivity contribution is 6.33. The van der Waals surface area contributed by atoms with Gasteiger partial charge in [0.1, 0.15) is 5.16 Å². The number of halogens is 1. The first kappa shape index (κ1) is 23.4. The van der Waals surface area contributed by atoms with Crippen molar-refractivity contribution in [3.05, 3.63) is 82.8 Å². The van der Waals surface area contributed by atoms with Crippen molar-refractivity contribution in [2.75, 3.05) is 7.05 Å². The molecular formula is C25H30ClN3O. The maximum absolute atomic E-state index is 11.5. The summed E-state index contributed by atoms with van der Waals surface area (Å²) in [4.78, 5) is 17.7. The molecule has 0 aliphatic carbocycles. The number of carbonyl (C=O) groups excluding carboxylic acids is 1. The molecule has 30 heavy (non-hydrogen) atoms. The number of primary amides is 1. The lowest BCUT2D eigenvalue weighted by Crippen LogP contribution is -2.20. The number of allylic oxidation sites excluding steroid dienone is 4. The Morgan fingerprint density at radius 1 is 1.27 bits per heavy atom. The van der Waals surface area contributed by atoms with Crippen LogP contribution in [-0.2, 0) is 4.79 Å². The first-order chi connectivity index (χ1) is 14.3. The summed E-state index contributed by atoms with van der Waals surface area (Å²) in [7, 11) is 1.81. The zero-order chi connectivity index (χ0) is 22.3. The molecule has 0 spiro atoms. The van der Waals surface area contributed by atoms with Crippen LogP contribution < -0.4 is 5.73 Å². The molecule has 1 heterocycles. The normalized spacial score (nSPS) is 15.8. The zero-order valence-electron chi connectivity index (χ0n) is 18.2. The Kier molecular flexibility index (Phi) is 8.43. The van der Waals surface area contributed by atoms with Crippen LogP contribution in [0.1, 0.15) is 51.2 Å². The van der Waals surface area contributed by atoms with Gasteiger partial charge in [0.15, 0.2) is 0 Å². The number of nitrogens with zero attached hydrogens (tertiary/aromatic N) is 2. The van der Waals surface area contributed by atoms with Gasteiger partial charge in [0.2, 0.25) is 5.91 Å². The first-order valence-electron chi connectivity index (χ1n) is 10.2. The Hall–Kier alpha value is -2.85. The summed E-state index contributed by atoms with van der Waals surface area (Å²) >= 11 is 6.88. The van der Waals surface area contributed by atoms with E-state index >= 15 is 0 Å². The van der Waals surface area contributed by atoms with E-state index in [0.717, 1.165) is 47.2 Å². The Balaban J connectivity index is 2.61. The highest BCUT2D eigenvalue weighted by atomic mass is 35.5. The monoisotopic (exact) mass is 423 g/mol. The van der Waals surface area contributed by atoms with Gasteiger partial charge < -0.3 is 10.6 Å². The minimum Gasteiger partial charge on any atom is -0.366 e. The molecule has 0 unspecified atom stereocenters. The van der Waals surface area contributed by atoms with E-state index in [9.17, 15) is 4.79 Å². The fourth-order valence-corrected chi connectivity index (χ4v) is 3.73. The van der Waals surface area contributed by atoms with Crippen molar-refractivity contribution < 1.29 is 4.79 Å². The predicted molar refractivity (Wildman–Crippen MR) is 129 cm³/mol. The molecular weight excluding hydrogens is 394 g/mol. The molecule has 0 saturated heterocycles. The molecule has 0 aromatic heterocycles. The van der Waals surface area contributed by atoms with Gasteiger partial charge in [0.25, 0.3) is 0 Å². The molecule has 4 nitrogen and oxygen atoms in total. The molecule has 0 fully saturated rings. The van der Waals surface area contributed by atoms with E-state index in [1.54, 1.807) is 23.3 Å². The van der Waals surface area contributed by atoms with Crippen molar-refractivity contribution in [1.82, 2.24) is 4.90 Å². The topological polar surface area (TPSA) is 58.7 Å². The number of nitrogens with two attached hydrogens (primary N) is 1. The van der Waals surface area contributed by atoms with E-state index < -0.39 is 5.91 Å². The molecule has 0 bridgehead atoms. The third kappa shape index (κ3) is 5.19. The number of rotatable bonds is 8. The van der Waals surface area contributed by atoms with E-state index in [4.69, 9.17) is 17.3 Å². The van der Waals surface area contributed by atoms with Crippen LogP contribution >= 0.6 is 11.6 Å². The molecule has 0 atom stereocenters. The van der Waals surface area contributed by atoms with E-state index in [1.165, 1.54) is 0 Å². The molecule has 2 rings (SSSR count). The van der Waals surface area contributed by atoms with Crippen LogP contribution in [0, 0.1) is 0 Å². The Labute approximate surface area is 184 Å². The molecule has 2 N–H and O–H groups in total. The van der Waals surface area contributed by atoms with Crippen molar-refractivity contribution in [2.45, 2.75) is 40.0 Å². The summed E-state index contributed by atoms with van der Waals surface area (Å²) in [6.45, 7) is 10.3. The first-order valence-corrected chi connectivity index (χ1v) is 10.5. The second kappa shape index (κ2) is 10.8. The van der Waals surface area contributed by atoms with Crippen LogP contribution in [0.5, 0.6) is 0 Å². The fourth-order valence-electron chi connectivity index (χ4n) is 3.33. The number of carbonyl (C=O) groups is 1. The second-order valence-corrected chi connectivity index (χ2v) is 7.38. The number of aliphatic imine (C=N–C) groups is 1. The summed E-state index contributed by atoms with van der Waals surface area (Å²) in [5.41, 5.74) is 11.6. The van der Waals surface area contributed by atoms with Gasteiger partial charge in [-0.1, -0.05) is 68.8 Å². The standard InChI is InChI=1S/C25H30ClN3O/c1-6-8-11-21(18(4)28-5)23-13-10-9-12-22(23)20(7-2)24(26)29-15-14-19(25(27)30)16-17(29)3/h9-16H,3,6-8H2,1-2,4-5H3,(H2,27,30)/b21-11+,24-20+,28-18?. The quantitative estimate of drug-likeness (QED) is 0.409. The second-order valence-electron chi connectivity index (χ2n) is 7.02. The van der Waals surface area contributed by atoms with Gasteiger partial charge in [0, 0.05) is 30.2 Å². The van der Waals surface area contributed by atoms with Crippen LogP contribution in [-0.4, -0.2) is 23.6 Å². The Morgan fingerprint density at radius 3 is 2.47 bits per heavy atom. The average Bonchev–Trinajstić information content (AvgIpc) is 2.74. The van der Waals surface area contributed by atoms with Gasteiger partial charge in [-0.3, -0.25) is 9.79 Å². The zero-order valence-corrected chi connectivity index (χ0v) is 19.0. The van der Waals surface area contributed by atoms with Gasteiger partial charge in [-0.05, 0) is 54.2 Å². The van der Waals surface area contributed by atoms with E-state index in [0.29, 0.717) is 16.4 Å². The van der Waals surface area contributed by atoms with Gasteiger partial charge in [0.05, 0.1) is 0 Å². The van der Waals surface area contributed by atoms with Crippen LogP contribution in [0.25, 0.3) is 11.1 Å². The van der Waals surface area contributed by atoms with Crippen molar-refractivity contribution in [1.29, 1.82) is 0 Å². The maximum atomic E-state index is 11.5. The number of hydrogen-bond donors (Lipinski definition) is 1. The maximum Gasteiger partial charge on any atom is 0.248 e. The van der Waals surface area contributed by atoms with Crippen molar-refractivity contribution >= 4 is 34.4 Å². The molecule has 5 heteroatoms. The number of hydrogen-bond acceptors (Lipinski definition) is 3. The summed E-state index contributed by atoms with van der Waals surface area (Å²) in [6.07, 6.45) is 10.0. The summed E-state index contributed by atoms with van der Waals surface area (Å²) in [5, 5.41) is 0.548. The molecule has 158 valence electrons. The van der Waals surface area contributed by atoms with E-state index in [2.05, 4.69) is 43.6 Å². The van der Waals surface area contributed by atoms with Gasteiger partial charge in [-0.25, -0.2) is 0 Å². The molecule has 1 aliphatic rings. The van der Waals surface area contributed by atoms with Gasteiger partial charge >= 0.3 is 0 Å². The van der Waals surface area contributed by atoms with Crippen molar-refractivity contribution in [3.63, 3.8) is 0 Å². The largest absolute Gasteiger partial charge is 0.366 e. The van der Waals surface area contributed by atoms with Crippen LogP contribution in [0.15, 0.2) is 76.7 Å². The van der Waals surface area contributed by atoms with E-state index in [1.807, 2.05) is 26.1 Å². The molecule has 0 radical (unpaired) electrons. The van der Waals surface area contributed by atoms with Gasteiger partial charge in [-0.2, -0.15) is 0 Å². The molecule has 1 aliphatic heterocycles. The number of amides is 1. The molecule has 0 saturated carbocycles. The lowest BCUT2D eigenvalue weighted by atomic mass is 9.90. The number of unbranched alkanes of at least 4 members (excludes halogenated alkanes) is 1. The molecule has 1 amide bonds. The third-order valence-electron chi connectivity index (χ3n) is 5.04. The van der Waals surface area contributed by atoms with E-state index in [-0.39, 0.29) is 0 Å². The Morgan fingerprint density at radius 2 is 1.93 bits per heavy atom. The van der Waals surface area contributed by atoms with Crippen LogP contribution in [0.4, 0.5) is 0 Å². The highest BCUT2D eigenvalue weighted by Crippen LogP contribution is 2.35. The van der Waals surface area contributed by atoms with Crippen molar-refractivity contribution in [3.8, 4) is 0 Å². The number of benzene rings is 1. The third-order valence-corrected chi connectivity index (χ3v) is 5.45. The lowest BCUT2D eigenvalue weighted by molar-refractivity contribution is -0.114. The lowest BCUT2D eigenvalue weighted by Gasteiger charge is -2.26. The SMILES string of the molecule is C=C1C=C(C(N)=O)C=CN1/C(Cl)=C(\CC)c1ccccc1/C(=C/CCC)C(C)=NC. The fraction of sp³-hybridized carbons (Fsp3) is 0.280. The molecule has 1 aromatic carbocycles. The van der Waals surface area contributed by atoms with Crippen molar-refractivity contribution in [2.24, 2.45) is 10.7 Å². The van der Waals surface area contributed by atoms with Gasteiger partial charge in [-0.15, -0.1) is 0 Å².